The molecule has 4 aromatic rings. The summed E-state index contributed by atoms with van der Waals surface area (Å²) in [5, 5.41) is 26.9. The Morgan fingerprint density at radius 3 is 1.30 bits per heavy atom. The molecule has 0 spiro atoms. The zero-order chi connectivity index (χ0) is 59.2. The van der Waals surface area contributed by atoms with Crippen molar-refractivity contribution in [1.29, 1.82) is 0 Å². The van der Waals surface area contributed by atoms with Crippen molar-refractivity contribution in [2.24, 2.45) is 0 Å². The van der Waals surface area contributed by atoms with Crippen LogP contribution in [0, 0.1) is 0 Å². The molecule has 4 aromatic carbocycles. The van der Waals surface area contributed by atoms with Gasteiger partial charge in [0.25, 0.3) is 0 Å². The van der Waals surface area contributed by atoms with Gasteiger partial charge in [0, 0.05) is 6.42 Å². The molecular formula is C75H113NO8. The second kappa shape index (κ2) is 46.7. The van der Waals surface area contributed by atoms with Crippen molar-refractivity contribution >= 4 is 5.91 Å². The molecule has 8 atom stereocenters. The largest absolute Gasteiger partial charge is 0.390 e. The van der Waals surface area contributed by atoms with Gasteiger partial charge in [-0.05, 0) is 41.5 Å². The van der Waals surface area contributed by atoms with Gasteiger partial charge in [-0.25, -0.2) is 0 Å². The van der Waals surface area contributed by atoms with Crippen LogP contribution in [0.15, 0.2) is 146 Å². The number of amides is 1. The normalized spacial score (nSPS) is 18.4. The first-order chi connectivity index (χ1) is 41.4. The third-order valence-electron chi connectivity index (χ3n) is 16.6. The minimum Gasteiger partial charge on any atom is -0.390 e. The second-order valence-corrected chi connectivity index (χ2v) is 23.9. The van der Waals surface area contributed by atoms with E-state index in [4.69, 9.17) is 23.7 Å². The summed E-state index contributed by atoms with van der Waals surface area (Å²) < 4.78 is 34.4. The molecule has 9 heteroatoms. The predicted octanol–water partition coefficient (Wildman–Crippen LogP) is 18.2. The Kier molecular flexibility index (Phi) is 39.1. The quantitative estimate of drug-likeness (QED) is 0.0296. The van der Waals surface area contributed by atoms with Gasteiger partial charge in [0.05, 0.1) is 45.2 Å². The van der Waals surface area contributed by atoms with Crippen LogP contribution in [-0.2, 0) is 54.9 Å². The zero-order valence-electron chi connectivity index (χ0n) is 52.3. The van der Waals surface area contributed by atoms with E-state index in [9.17, 15) is 15.0 Å². The average molecular weight is 1160 g/mol. The number of aliphatic hydroxyl groups excluding tert-OH is 2. The molecule has 5 rings (SSSR count). The molecule has 84 heavy (non-hydrogen) atoms. The Hall–Kier alpha value is -4.45. The van der Waals surface area contributed by atoms with Gasteiger partial charge in [-0.2, -0.15) is 0 Å². The van der Waals surface area contributed by atoms with Crippen LogP contribution in [0.3, 0.4) is 0 Å². The molecule has 3 N–H and O–H groups in total. The number of ether oxygens (including phenoxy) is 5. The van der Waals surface area contributed by atoms with Crippen molar-refractivity contribution < 1.29 is 38.7 Å². The number of benzene rings is 4. The highest BCUT2D eigenvalue weighted by Gasteiger charge is 2.48. The van der Waals surface area contributed by atoms with Gasteiger partial charge in [0.1, 0.15) is 36.6 Å². The van der Waals surface area contributed by atoms with Crippen LogP contribution in [0.2, 0.25) is 0 Å². The SMILES string of the molecule is CCCCCCCCCCCCCCCCCC/C=C/CC(=O)N[C@@H](/C=C/[C@H]1OC(COCc2ccccc2)[C@H](OCc2ccccc2)[C@@H](OCc2ccccc2)C1OCc1ccccc1)[C@H](O)[C@H](O)CCCCCCCCCCCCCC. The van der Waals surface area contributed by atoms with E-state index in [1.165, 1.54) is 154 Å². The Morgan fingerprint density at radius 1 is 0.476 bits per heavy atom. The van der Waals surface area contributed by atoms with Gasteiger partial charge in [-0.1, -0.05) is 333 Å². The Morgan fingerprint density at radius 2 is 0.857 bits per heavy atom. The molecule has 1 saturated heterocycles. The van der Waals surface area contributed by atoms with Crippen molar-refractivity contribution in [3.8, 4) is 0 Å². The van der Waals surface area contributed by atoms with E-state index in [0.29, 0.717) is 26.2 Å². The van der Waals surface area contributed by atoms with Crippen LogP contribution in [-0.4, -0.2) is 71.5 Å². The summed E-state index contributed by atoms with van der Waals surface area (Å²) in [5.41, 5.74) is 4.04. The fraction of sp³-hybridized carbons (Fsp3) is 0.613. The van der Waals surface area contributed by atoms with Crippen molar-refractivity contribution in [3.63, 3.8) is 0 Å². The number of allylic oxidation sites excluding steroid dienone is 1. The summed E-state index contributed by atoms with van der Waals surface area (Å²) in [6.45, 7) is 6.00. The molecule has 9 nitrogen and oxygen atoms in total. The molecule has 1 amide bonds. The van der Waals surface area contributed by atoms with Crippen LogP contribution in [0.1, 0.15) is 235 Å². The number of carbonyl (C=O) groups excluding carboxylic acids is 1. The Balaban J connectivity index is 1.28. The maximum absolute atomic E-state index is 13.9. The molecular weight excluding hydrogens is 1040 g/mol. The Bertz CT molecular complexity index is 2210. The Labute approximate surface area is 510 Å². The van der Waals surface area contributed by atoms with Gasteiger partial charge in [-0.15, -0.1) is 0 Å². The molecule has 0 radical (unpaired) electrons. The smallest absolute Gasteiger partial charge is 0.224 e. The topological polar surface area (TPSA) is 116 Å². The summed E-state index contributed by atoms with van der Waals surface area (Å²) in [6, 6.07) is 39.4. The fourth-order valence-electron chi connectivity index (χ4n) is 11.4. The highest BCUT2D eigenvalue weighted by atomic mass is 16.6. The van der Waals surface area contributed by atoms with Crippen LogP contribution in [0.4, 0.5) is 0 Å². The van der Waals surface area contributed by atoms with E-state index in [1.807, 2.05) is 133 Å². The second-order valence-electron chi connectivity index (χ2n) is 23.9. The minimum atomic E-state index is -1.27. The predicted molar refractivity (Wildman–Crippen MR) is 347 cm³/mol. The molecule has 1 aliphatic heterocycles. The third-order valence-corrected chi connectivity index (χ3v) is 16.6. The van der Waals surface area contributed by atoms with E-state index < -0.39 is 48.8 Å². The monoisotopic (exact) mass is 1160 g/mol. The summed E-state index contributed by atoms with van der Waals surface area (Å²) in [7, 11) is 0. The van der Waals surface area contributed by atoms with E-state index in [2.05, 4.69) is 25.2 Å². The lowest BCUT2D eigenvalue weighted by atomic mass is 9.92. The van der Waals surface area contributed by atoms with Gasteiger partial charge in [0.15, 0.2) is 0 Å². The van der Waals surface area contributed by atoms with Crippen molar-refractivity contribution in [2.75, 3.05) is 6.61 Å². The van der Waals surface area contributed by atoms with E-state index in [0.717, 1.165) is 54.4 Å². The molecule has 0 aromatic heterocycles. The summed E-state index contributed by atoms with van der Waals surface area (Å²) in [4.78, 5) is 13.9. The standard InChI is InChI=1S/C75H113NO8/c1-3-5-7-9-11-13-15-17-18-19-20-21-22-23-25-27-29-31-45-55-71(78)76-67(72(79)68(77)54-44-30-28-26-24-16-14-12-10-8-6-4-2)56-57-69-73(81-59-64-48-38-33-39-49-64)75(83-61-66-52-42-35-43-53-66)74(82-60-65-50-40-34-41-51-65)70(84-69)62-80-58-63-46-36-32-37-47-63/h31-43,45-53,56-57,67-70,72-75,77,79H,3-30,44,54-55,58-62H2,1-2H3,(H,76,78)/b45-31+,57-56+/t67-,68+,69+,70?,72-,73?,74-,75-/m0/s1. The lowest BCUT2D eigenvalue weighted by Crippen LogP contribution is -2.60. The van der Waals surface area contributed by atoms with Gasteiger partial charge in [-0.3, -0.25) is 4.79 Å². The third kappa shape index (κ3) is 31.3. The minimum absolute atomic E-state index is 0.171. The number of hydrogen-bond donors (Lipinski definition) is 3. The first-order valence-electron chi connectivity index (χ1n) is 33.7. The van der Waals surface area contributed by atoms with Gasteiger partial charge < -0.3 is 39.2 Å². The van der Waals surface area contributed by atoms with Crippen LogP contribution in [0.5, 0.6) is 0 Å². The van der Waals surface area contributed by atoms with Crippen molar-refractivity contribution in [2.45, 2.75) is 288 Å². The number of rotatable bonds is 50. The van der Waals surface area contributed by atoms with Gasteiger partial charge >= 0.3 is 0 Å². The van der Waals surface area contributed by atoms with Crippen LogP contribution >= 0.6 is 0 Å². The molecule has 0 bridgehead atoms. The molecule has 0 aliphatic carbocycles. The fourth-order valence-corrected chi connectivity index (χ4v) is 11.4. The summed E-state index contributed by atoms with van der Waals surface area (Å²) >= 11 is 0. The first kappa shape index (κ1) is 70.3. The maximum atomic E-state index is 13.9. The molecule has 1 fully saturated rings. The van der Waals surface area contributed by atoms with Crippen LogP contribution < -0.4 is 5.32 Å². The van der Waals surface area contributed by atoms with Crippen molar-refractivity contribution in [3.05, 3.63) is 168 Å². The number of nitrogens with one attached hydrogen (secondary N) is 1. The van der Waals surface area contributed by atoms with Crippen LogP contribution in [0.25, 0.3) is 0 Å². The molecule has 466 valence electrons. The van der Waals surface area contributed by atoms with Crippen molar-refractivity contribution in [1.82, 2.24) is 5.32 Å². The molecule has 1 heterocycles. The molecule has 0 saturated carbocycles. The maximum Gasteiger partial charge on any atom is 0.224 e. The summed E-state index contributed by atoms with van der Waals surface area (Å²) in [5.74, 6) is -0.225. The number of hydrogen-bond acceptors (Lipinski definition) is 8. The highest BCUT2D eigenvalue weighted by Crippen LogP contribution is 2.32. The first-order valence-corrected chi connectivity index (χ1v) is 33.7. The average Bonchev–Trinajstić information content (AvgIpc) is 3.42. The molecule has 2 unspecified atom stereocenters. The van der Waals surface area contributed by atoms with E-state index in [1.54, 1.807) is 6.08 Å². The van der Waals surface area contributed by atoms with E-state index >= 15 is 0 Å². The number of unbranched alkanes of at least 4 members (excludes halogenated alkanes) is 27. The molecule has 1 aliphatic rings. The zero-order valence-corrected chi connectivity index (χ0v) is 52.3. The number of carbonyl (C=O) groups is 1. The van der Waals surface area contributed by atoms with E-state index in [-0.39, 0.29) is 25.5 Å². The lowest BCUT2D eigenvalue weighted by molar-refractivity contribution is -0.263. The number of aliphatic hydroxyl groups is 2. The highest BCUT2D eigenvalue weighted by molar-refractivity contribution is 5.78. The van der Waals surface area contributed by atoms with Gasteiger partial charge in [0.2, 0.25) is 5.91 Å². The summed E-state index contributed by atoms with van der Waals surface area (Å²) in [6.07, 6.45) is 39.5. The lowest BCUT2D eigenvalue weighted by Gasteiger charge is -2.45.